The summed E-state index contributed by atoms with van der Waals surface area (Å²) in [6.07, 6.45) is 0. The summed E-state index contributed by atoms with van der Waals surface area (Å²) in [5.74, 6) is -0.0156. The maximum absolute atomic E-state index is 12.0. The van der Waals surface area contributed by atoms with Gasteiger partial charge in [0.15, 0.2) is 6.04 Å². The molecule has 0 aliphatic carbocycles. The van der Waals surface area contributed by atoms with E-state index < -0.39 is 12.0 Å². The van der Waals surface area contributed by atoms with Gasteiger partial charge in [-0.15, -0.1) is 0 Å². The maximum Gasteiger partial charge on any atom is 0.334 e. The summed E-state index contributed by atoms with van der Waals surface area (Å²) in [6, 6.07) is 16.1. The number of halogens is 1. The number of hydrogen-bond acceptors (Lipinski definition) is 4. The number of aliphatic imine (C=N–C) groups is 1. The quantitative estimate of drug-likeness (QED) is 0.814. The van der Waals surface area contributed by atoms with Crippen LogP contribution in [0.1, 0.15) is 11.1 Å². The van der Waals surface area contributed by atoms with Crippen molar-refractivity contribution in [2.45, 2.75) is 12.6 Å². The van der Waals surface area contributed by atoms with Crippen LogP contribution in [0, 0.1) is 0 Å². The second-order valence-corrected chi connectivity index (χ2v) is 5.24. The molecule has 0 radical (unpaired) electrons. The molecule has 1 atom stereocenters. The molecule has 0 fully saturated rings. The van der Waals surface area contributed by atoms with E-state index in [1.54, 1.807) is 12.1 Å². The Morgan fingerprint density at radius 1 is 1.18 bits per heavy atom. The third kappa shape index (κ3) is 3.28. The van der Waals surface area contributed by atoms with Crippen molar-refractivity contribution < 1.29 is 14.3 Å². The molecule has 1 heterocycles. The smallest absolute Gasteiger partial charge is 0.334 e. The minimum absolute atomic E-state index is 0.175. The SMILES string of the molecule is O=C(OCc1ccccc1)[C@@H]1COC(c2ccccc2Cl)=N1. The Kier molecular flexibility index (Phi) is 4.39. The zero-order valence-electron chi connectivity index (χ0n) is 11.7. The Morgan fingerprint density at radius 2 is 1.91 bits per heavy atom. The average molecular weight is 316 g/mol. The minimum atomic E-state index is -0.644. The van der Waals surface area contributed by atoms with Gasteiger partial charge in [0.25, 0.3) is 0 Å². The Morgan fingerprint density at radius 3 is 2.68 bits per heavy atom. The molecule has 0 N–H and O–H groups in total. The molecule has 4 nitrogen and oxygen atoms in total. The first-order valence-corrected chi connectivity index (χ1v) is 7.28. The van der Waals surface area contributed by atoms with Crippen LogP contribution < -0.4 is 0 Å². The fourth-order valence-electron chi connectivity index (χ4n) is 2.10. The van der Waals surface area contributed by atoms with Gasteiger partial charge in [0.1, 0.15) is 13.2 Å². The lowest BCUT2D eigenvalue weighted by atomic mass is 10.2. The van der Waals surface area contributed by atoms with Gasteiger partial charge in [-0.3, -0.25) is 0 Å². The van der Waals surface area contributed by atoms with Crippen molar-refractivity contribution in [3.8, 4) is 0 Å². The van der Waals surface area contributed by atoms with Crippen molar-refractivity contribution >= 4 is 23.5 Å². The van der Waals surface area contributed by atoms with Crippen LogP contribution in [0.3, 0.4) is 0 Å². The van der Waals surface area contributed by atoms with E-state index in [1.807, 2.05) is 42.5 Å². The summed E-state index contributed by atoms with van der Waals surface area (Å²) in [6.45, 7) is 0.404. The molecule has 112 valence electrons. The first-order chi connectivity index (χ1) is 10.7. The van der Waals surface area contributed by atoms with Crippen LogP contribution in [0.25, 0.3) is 0 Å². The number of rotatable bonds is 4. The van der Waals surface area contributed by atoms with Gasteiger partial charge >= 0.3 is 5.97 Å². The van der Waals surface area contributed by atoms with Gasteiger partial charge in [0.05, 0.1) is 10.6 Å². The molecule has 2 aromatic carbocycles. The van der Waals surface area contributed by atoms with Crippen LogP contribution in [-0.2, 0) is 20.9 Å². The van der Waals surface area contributed by atoms with E-state index in [2.05, 4.69) is 4.99 Å². The van der Waals surface area contributed by atoms with Crippen molar-refractivity contribution in [2.24, 2.45) is 4.99 Å². The van der Waals surface area contributed by atoms with Crippen LogP contribution >= 0.6 is 11.6 Å². The number of nitrogens with zero attached hydrogens (tertiary/aromatic N) is 1. The summed E-state index contributed by atoms with van der Waals surface area (Å²) in [5.41, 5.74) is 1.62. The number of benzene rings is 2. The maximum atomic E-state index is 12.0. The van der Waals surface area contributed by atoms with Crippen LogP contribution in [0.2, 0.25) is 5.02 Å². The normalized spacial score (nSPS) is 16.8. The molecule has 0 aromatic heterocycles. The fourth-order valence-corrected chi connectivity index (χ4v) is 2.32. The van der Waals surface area contributed by atoms with E-state index >= 15 is 0 Å². The molecule has 0 saturated carbocycles. The summed E-state index contributed by atoms with van der Waals surface area (Å²) < 4.78 is 10.7. The predicted octanol–water partition coefficient (Wildman–Crippen LogP) is 3.23. The number of ether oxygens (including phenoxy) is 2. The van der Waals surface area contributed by atoms with Gasteiger partial charge in [-0.25, -0.2) is 9.79 Å². The lowest BCUT2D eigenvalue weighted by Crippen LogP contribution is -2.22. The molecule has 22 heavy (non-hydrogen) atoms. The van der Waals surface area contributed by atoms with E-state index in [1.165, 1.54) is 0 Å². The second kappa shape index (κ2) is 6.62. The molecule has 1 aliphatic heterocycles. The van der Waals surface area contributed by atoms with Crippen molar-refractivity contribution in [1.29, 1.82) is 0 Å². The number of carbonyl (C=O) groups is 1. The molecule has 0 bridgehead atoms. The number of hydrogen-bond donors (Lipinski definition) is 0. The zero-order chi connectivity index (χ0) is 15.4. The Balaban J connectivity index is 1.64. The topological polar surface area (TPSA) is 47.9 Å². The van der Waals surface area contributed by atoms with Gasteiger partial charge < -0.3 is 9.47 Å². The molecular weight excluding hydrogens is 302 g/mol. The van der Waals surface area contributed by atoms with E-state index in [4.69, 9.17) is 21.1 Å². The van der Waals surface area contributed by atoms with Crippen molar-refractivity contribution in [1.82, 2.24) is 0 Å². The molecule has 0 saturated heterocycles. The highest BCUT2D eigenvalue weighted by Crippen LogP contribution is 2.20. The van der Waals surface area contributed by atoms with Crippen LogP contribution in [0.5, 0.6) is 0 Å². The van der Waals surface area contributed by atoms with Crippen LogP contribution in [0.4, 0.5) is 0 Å². The van der Waals surface area contributed by atoms with Crippen molar-refractivity contribution in [2.75, 3.05) is 6.61 Å². The Labute approximate surface area is 133 Å². The highest BCUT2D eigenvalue weighted by atomic mass is 35.5. The molecule has 1 aliphatic rings. The van der Waals surface area contributed by atoms with E-state index in [-0.39, 0.29) is 13.2 Å². The van der Waals surface area contributed by atoms with Crippen molar-refractivity contribution in [3.63, 3.8) is 0 Å². The molecular formula is C17H14ClNO3. The first kappa shape index (κ1) is 14.6. The Hall–Kier alpha value is -2.33. The summed E-state index contributed by atoms with van der Waals surface area (Å²) in [7, 11) is 0. The molecule has 0 spiro atoms. The van der Waals surface area contributed by atoms with Crippen LogP contribution in [-0.4, -0.2) is 24.5 Å². The molecule has 3 rings (SSSR count). The first-order valence-electron chi connectivity index (χ1n) is 6.90. The molecule has 2 aromatic rings. The third-order valence-electron chi connectivity index (χ3n) is 3.25. The molecule has 0 unspecified atom stereocenters. The van der Waals surface area contributed by atoms with E-state index in [9.17, 15) is 4.79 Å². The summed E-state index contributed by atoms with van der Waals surface area (Å²) in [5, 5.41) is 0.541. The highest BCUT2D eigenvalue weighted by Gasteiger charge is 2.28. The highest BCUT2D eigenvalue weighted by molar-refractivity contribution is 6.33. The fraction of sp³-hybridized carbons (Fsp3) is 0.176. The lowest BCUT2D eigenvalue weighted by Gasteiger charge is -2.06. The van der Waals surface area contributed by atoms with Gasteiger partial charge in [0.2, 0.25) is 5.90 Å². The molecule has 0 amide bonds. The van der Waals surface area contributed by atoms with Crippen LogP contribution in [0.15, 0.2) is 59.6 Å². The summed E-state index contributed by atoms with van der Waals surface area (Å²) in [4.78, 5) is 16.3. The Bertz CT molecular complexity index is 700. The second-order valence-electron chi connectivity index (χ2n) is 4.83. The number of esters is 1. The van der Waals surface area contributed by atoms with Gasteiger partial charge in [-0.1, -0.05) is 54.1 Å². The minimum Gasteiger partial charge on any atom is -0.474 e. The van der Waals surface area contributed by atoms with Gasteiger partial charge in [0, 0.05) is 0 Å². The van der Waals surface area contributed by atoms with Crippen molar-refractivity contribution in [3.05, 3.63) is 70.7 Å². The standard InChI is InChI=1S/C17H14ClNO3/c18-14-9-5-4-8-13(14)16-19-15(11-21-16)17(20)22-10-12-6-2-1-3-7-12/h1-9,15H,10-11H2/t15-/m0/s1. The van der Waals surface area contributed by atoms with E-state index in [0.717, 1.165) is 5.56 Å². The van der Waals surface area contributed by atoms with Gasteiger partial charge in [-0.05, 0) is 17.7 Å². The third-order valence-corrected chi connectivity index (χ3v) is 3.58. The average Bonchev–Trinajstić information content (AvgIpc) is 3.04. The van der Waals surface area contributed by atoms with Gasteiger partial charge in [-0.2, -0.15) is 0 Å². The predicted molar refractivity (Wildman–Crippen MR) is 84.0 cm³/mol. The number of carbonyl (C=O) groups excluding carboxylic acids is 1. The monoisotopic (exact) mass is 315 g/mol. The zero-order valence-corrected chi connectivity index (χ0v) is 12.5. The lowest BCUT2D eigenvalue weighted by molar-refractivity contribution is -0.146. The summed E-state index contributed by atoms with van der Waals surface area (Å²) >= 11 is 6.10. The molecule has 5 heteroatoms. The largest absolute Gasteiger partial charge is 0.474 e. The van der Waals surface area contributed by atoms with E-state index in [0.29, 0.717) is 16.5 Å².